The van der Waals surface area contributed by atoms with E-state index >= 15 is 0 Å². The lowest BCUT2D eigenvalue weighted by molar-refractivity contribution is 0.246. The van der Waals surface area contributed by atoms with Crippen LogP contribution in [-0.4, -0.2) is 0 Å². The van der Waals surface area contributed by atoms with Crippen LogP contribution in [0.5, 0.6) is 0 Å². The molecule has 0 aromatic carbocycles. The summed E-state index contributed by atoms with van der Waals surface area (Å²) < 4.78 is 0. The van der Waals surface area contributed by atoms with Crippen molar-refractivity contribution >= 4 is 0 Å². The van der Waals surface area contributed by atoms with Gasteiger partial charge in [0, 0.05) is 0 Å². The topological polar surface area (TPSA) is 0 Å². The van der Waals surface area contributed by atoms with Crippen molar-refractivity contribution in [2.24, 2.45) is 11.3 Å². The minimum atomic E-state index is 0.546. The van der Waals surface area contributed by atoms with Crippen LogP contribution in [0, 0.1) is 18.3 Å². The standard InChI is InChI=1S/C13H27/c1-6-8-9-10-13(4,5)11-12(3)7-2/h12H,1,6-11H2,2-5H3. The van der Waals surface area contributed by atoms with Gasteiger partial charge in [-0.25, -0.2) is 0 Å². The van der Waals surface area contributed by atoms with Crippen molar-refractivity contribution in [3.8, 4) is 0 Å². The molecule has 0 spiro atoms. The number of unbranched alkanes of at least 4 members (excludes halogenated alkanes) is 2. The quantitative estimate of drug-likeness (QED) is 0.495. The summed E-state index contributed by atoms with van der Waals surface area (Å²) in [4.78, 5) is 0. The summed E-state index contributed by atoms with van der Waals surface area (Å²) in [6.45, 7) is 13.3. The lowest BCUT2D eigenvalue weighted by atomic mass is 9.78. The van der Waals surface area contributed by atoms with Gasteiger partial charge in [0.05, 0.1) is 0 Å². The van der Waals surface area contributed by atoms with E-state index < -0.39 is 0 Å². The molecular weight excluding hydrogens is 156 g/mol. The second kappa shape index (κ2) is 6.45. The molecule has 0 aromatic rings. The van der Waals surface area contributed by atoms with Gasteiger partial charge in [-0.1, -0.05) is 60.3 Å². The molecule has 1 atom stereocenters. The Morgan fingerprint density at radius 1 is 1.23 bits per heavy atom. The average molecular weight is 183 g/mol. The van der Waals surface area contributed by atoms with Gasteiger partial charge < -0.3 is 0 Å². The monoisotopic (exact) mass is 183 g/mol. The summed E-state index contributed by atoms with van der Waals surface area (Å²) in [5.41, 5.74) is 0.546. The SMILES string of the molecule is [CH2]CCCCC(C)(C)CC(C)CC. The summed E-state index contributed by atoms with van der Waals surface area (Å²) in [5.74, 6) is 0.884. The molecule has 0 bridgehead atoms. The van der Waals surface area contributed by atoms with Crippen molar-refractivity contribution in [3.63, 3.8) is 0 Å². The van der Waals surface area contributed by atoms with E-state index in [9.17, 15) is 0 Å². The predicted molar refractivity (Wildman–Crippen MR) is 61.7 cm³/mol. The zero-order chi connectivity index (χ0) is 10.3. The van der Waals surface area contributed by atoms with E-state index in [1.807, 2.05) is 0 Å². The molecule has 0 nitrogen and oxygen atoms in total. The molecule has 0 heterocycles. The second-order valence-electron chi connectivity index (χ2n) is 5.19. The Hall–Kier alpha value is 0. The minimum absolute atomic E-state index is 0.546. The Balaban J connectivity index is 3.65. The maximum absolute atomic E-state index is 3.88. The van der Waals surface area contributed by atoms with Crippen molar-refractivity contribution in [2.75, 3.05) is 0 Å². The fourth-order valence-electron chi connectivity index (χ4n) is 1.97. The summed E-state index contributed by atoms with van der Waals surface area (Å²) >= 11 is 0. The van der Waals surface area contributed by atoms with Crippen LogP contribution < -0.4 is 0 Å². The van der Waals surface area contributed by atoms with Crippen molar-refractivity contribution in [3.05, 3.63) is 6.92 Å². The molecule has 0 aliphatic rings. The van der Waals surface area contributed by atoms with Crippen LogP contribution in [0.15, 0.2) is 0 Å². The van der Waals surface area contributed by atoms with Crippen LogP contribution in [-0.2, 0) is 0 Å². The predicted octanol–water partition coefficient (Wildman–Crippen LogP) is 4.84. The van der Waals surface area contributed by atoms with Crippen LogP contribution in [0.1, 0.15) is 66.2 Å². The normalized spacial score (nSPS) is 14.5. The molecule has 0 aromatic heterocycles. The van der Waals surface area contributed by atoms with Gasteiger partial charge in [-0.15, -0.1) is 0 Å². The van der Waals surface area contributed by atoms with Gasteiger partial charge >= 0.3 is 0 Å². The highest BCUT2D eigenvalue weighted by Gasteiger charge is 2.19. The number of hydrogen-bond acceptors (Lipinski definition) is 0. The highest BCUT2D eigenvalue weighted by atomic mass is 14.2. The molecule has 0 heteroatoms. The van der Waals surface area contributed by atoms with E-state index in [-0.39, 0.29) is 0 Å². The van der Waals surface area contributed by atoms with Crippen LogP contribution in [0.4, 0.5) is 0 Å². The first kappa shape index (κ1) is 13.0. The Morgan fingerprint density at radius 3 is 2.31 bits per heavy atom. The fourth-order valence-corrected chi connectivity index (χ4v) is 1.97. The maximum Gasteiger partial charge on any atom is -0.0352 e. The molecule has 1 radical (unpaired) electrons. The van der Waals surface area contributed by atoms with Crippen LogP contribution >= 0.6 is 0 Å². The summed E-state index contributed by atoms with van der Waals surface area (Å²) in [6.07, 6.45) is 7.81. The van der Waals surface area contributed by atoms with E-state index in [4.69, 9.17) is 0 Å². The molecule has 79 valence electrons. The van der Waals surface area contributed by atoms with Crippen molar-refractivity contribution < 1.29 is 0 Å². The number of hydrogen-bond donors (Lipinski definition) is 0. The molecular formula is C13H27. The van der Waals surface area contributed by atoms with Crippen LogP contribution in [0.25, 0.3) is 0 Å². The Morgan fingerprint density at radius 2 is 1.85 bits per heavy atom. The molecule has 0 N–H and O–H groups in total. The molecule has 0 saturated heterocycles. The summed E-state index contributed by atoms with van der Waals surface area (Å²) in [7, 11) is 0. The lowest BCUT2D eigenvalue weighted by Gasteiger charge is -2.27. The molecule has 1 unspecified atom stereocenters. The van der Waals surface area contributed by atoms with E-state index in [0.29, 0.717) is 5.41 Å². The van der Waals surface area contributed by atoms with Gasteiger partial charge in [0.15, 0.2) is 0 Å². The summed E-state index contributed by atoms with van der Waals surface area (Å²) in [5, 5.41) is 0. The maximum atomic E-state index is 3.88. The van der Waals surface area contributed by atoms with Crippen molar-refractivity contribution in [1.29, 1.82) is 0 Å². The largest absolute Gasteiger partial charge is 0.0651 e. The van der Waals surface area contributed by atoms with E-state index in [2.05, 4.69) is 34.6 Å². The smallest absolute Gasteiger partial charge is 0.0352 e. The average Bonchev–Trinajstić information content (AvgIpc) is 2.03. The fraction of sp³-hybridized carbons (Fsp3) is 0.923. The second-order valence-corrected chi connectivity index (χ2v) is 5.19. The van der Waals surface area contributed by atoms with Gasteiger partial charge in [0.1, 0.15) is 0 Å². The van der Waals surface area contributed by atoms with Crippen LogP contribution in [0.2, 0.25) is 0 Å². The zero-order valence-electron chi connectivity index (χ0n) is 10.0. The number of rotatable bonds is 7. The van der Waals surface area contributed by atoms with E-state index in [0.717, 1.165) is 12.3 Å². The third-order valence-corrected chi connectivity index (χ3v) is 2.95. The third-order valence-electron chi connectivity index (χ3n) is 2.95. The Bertz CT molecular complexity index is 113. The van der Waals surface area contributed by atoms with Gasteiger partial charge in [0.25, 0.3) is 0 Å². The Kier molecular flexibility index (Phi) is 6.45. The molecule has 0 saturated carbocycles. The third kappa shape index (κ3) is 7.10. The zero-order valence-corrected chi connectivity index (χ0v) is 10.0. The molecule has 0 fully saturated rings. The van der Waals surface area contributed by atoms with Gasteiger partial charge in [-0.2, -0.15) is 0 Å². The molecule has 0 aliphatic carbocycles. The van der Waals surface area contributed by atoms with E-state index in [1.165, 1.54) is 32.1 Å². The van der Waals surface area contributed by atoms with Gasteiger partial charge in [-0.3, -0.25) is 0 Å². The molecule has 0 aliphatic heterocycles. The first-order valence-corrected chi connectivity index (χ1v) is 5.81. The minimum Gasteiger partial charge on any atom is -0.0651 e. The molecule has 13 heavy (non-hydrogen) atoms. The summed E-state index contributed by atoms with van der Waals surface area (Å²) in [6, 6.07) is 0. The molecule has 0 amide bonds. The lowest BCUT2D eigenvalue weighted by Crippen LogP contribution is -2.15. The van der Waals surface area contributed by atoms with Gasteiger partial charge in [0.2, 0.25) is 0 Å². The van der Waals surface area contributed by atoms with Crippen molar-refractivity contribution in [1.82, 2.24) is 0 Å². The first-order chi connectivity index (χ1) is 6.02. The van der Waals surface area contributed by atoms with Crippen LogP contribution in [0.3, 0.4) is 0 Å². The van der Waals surface area contributed by atoms with Gasteiger partial charge in [-0.05, 0) is 24.2 Å². The first-order valence-electron chi connectivity index (χ1n) is 5.81. The Labute approximate surface area is 85.1 Å². The molecule has 0 rings (SSSR count). The highest BCUT2D eigenvalue weighted by Crippen LogP contribution is 2.32. The van der Waals surface area contributed by atoms with E-state index in [1.54, 1.807) is 0 Å². The van der Waals surface area contributed by atoms with Crippen molar-refractivity contribution in [2.45, 2.75) is 66.2 Å². The highest BCUT2D eigenvalue weighted by molar-refractivity contribution is 4.71.